The maximum atomic E-state index is 15.3. The number of hydrogen-bond acceptors (Lipinski definition) is 6. The smallest absolute Gasteiger partial charge is 0.246 e. The molecule has 2 aliphatic carbocycles. The Balaban J connectivity index is 1.37. The summed E-state index contributed by atoms with van der Waals surface area (Å²) >= 11 is 8.56. The molecule has 8 rings (SSSR count). The van der Waals surface area contributed by atoms with Gasteiger partial charge in [0, 0.05) is 20.1 Å². The first-order chi connectivity index (χ1) is 23.7. The van der Waals surface area contributed by atoms with E-state index in [1.165, 1.54) is 23.0 Å². The van der Waals surface area contributed by atoms with E-state index in [0.29, 0.717) is 33.3 Å². The molecule has 246 valence electrons. The number of rotatable bonds is 5. The van der Waals surface area contributed by atoms with E-state index < -0.39 is 46.8 Å². The monoisotopic (exact) mass is 784 g/mol. The minimum Gasteiger partial charge on any atom is -0.508 e. The van der Waals surface area contributed by atoms with Crippen LogP contribution in [0.3, 0.4) is 0 Å². The van der Waals surface area contributed by atoms with Crippen LogP contribution >= 0.6 is 34.2 Å². The first kappa shape index (κ1) is 31.8. The molecule has 2 heterocycles. The van der Waals surface area contributed by atoms with Gasteiger partial charge in [0.25, 0.3) is 0 Å². The number of carbonyl (C=O) groups is 4. The normalized spacial score (nSPS) is 27.5. The predicted octanol–water partition coefficient (Wildman–Crippen LogP) is 7.03. The van der Waals surface area contributed by atoms with Gasteiger partial charge in [-0.15, -0.1) is 0 Å². The summed E-state index contributed by atoms with van der Waals surface area (Å²) in [5, 5.41) is 11.9. The lowest BCUT2D eigenvalue weighted by molar-refractivity contribution is -0.127. The number of nitrogens with zero attached hydrogens (tertiary/aromatic N) is 2. The van der Waals surface area contributed by atoms with Crippen LogP contribution in [0.5, 0.6) is 11.5 Å². The molecule has 0 unspecified atom stereocenters. The van der Waals surface area contributed by atoms with Crippen molar-refractivity contribution in [2.75, 3.05) is 16.9 Å². The van der Waals surface area contributed by atoms with Gasteiger partial charge in [0.2, 0.25) is 23.6 Å². The van der Waals surface area contributed by atoms with Gasteiger partial charge in [-0.05, 0) is 108 Å². The number of hydrogen-bond donors (Lipinski definition) is 1. The summed E-state index contributed by atoms with van der Waals surface area (Å²) in [6.45, 7) is 0. The van der Waals surface area contributed by atoms with E-state index in [1.807, 2.05) is 48.5 Å². The second-order valence-electron chi connectivity index (χ2n) is 13.0. The van der Waals surface area contributed by atoms with Crippen molar-refractivity contribution in [3.63, 3.8) is 0 Å². The van der Waals surface area contributed by atoms with Crippen LogP contribution in [0.1, 0.15) is 29.9 Å². The molecule has 1 saturated carbocycles. The summed E-state index contributed by atoms with van der Waals surface area (Å²) in [5.41, 5.74) is 1.12. The van der Waals surface area contributed by atoms with E-state index in [0.717, 1.165) is 9.14 Å². The summed E-state index contributed by atoms with van der Waals surface area (Å²) in [6, 6.07) is 27.9. The van der Waals surface area contributed by atoms with Crippen LogP contribution in [-0.2, 0) is 24.6 Å². The van der Waals surface area contributed by atoms with Gasteiger partial charge in [-0.3, -0.25) is 24.1 Å². The molecule has 3 fully saturated rings. The second kappa shape index (κ2) is 11.8. The molecule has 8 nitrogen and oxygen atoms in total. The highest BCUT2D eigenvalue weighted by molar-refractivity contribution is 14.1. The first-order valence-corrected chi connectivity index (χ1v) is 17.5. The first-order valence-electron chi connectivity index (χ1n) is 16.1. The standard InChI is InChI=1S/C39H30ClIN2O6/c1-49-26-14-17-32(44)30(19-26)34-27-15-16-28-33(37(47)42(35(28)45)24-12-10-23(41)11-13-24)29(27)20-31-36(46)43(25-9-5-8-22(40)18-25)38(48)39(31,34)21-6-3-2-4-7-21/h2-15,17-19,28-29,31,33-34,44H,16,20H2,1H3/t28-,29+,31-,33-,34+,39+/m0/s1. The third-order valence-electron chi connectivity index (χ3n) is 10.8. The molecule has 0 radical (unpaired) electrons. The minimum atomic E-state index is -1.50. The molecule has 10 heteroatoms. The van der Waals surface area contributed by atoms with Crippen molar-refractivity contribution in [2.45, 2.75) is 24.2 Å². The number of halogens is 2. The topological polar surface area (TPSA) is 104 Å². The van der Waals surface area contributed by atoms with E-state index in [9.17, 15) is 19.5 Å². The maximum Gasteiger partial charge on any atom is 0.246 e. The van der Waals surface area contributed by atoms with Gasteiger partial charge < -0.3 is 9.84 Å². The van der Waals surface area contributed by atoms with Crippen molar-refractivity contribution in [3.05, 3.63) is 128 Å². The van der Waals surface area contributed by atoms with Gasteiger partial charge in [-0.1, -0.05) is 59.6 Å². The number of fused-ring (bicyclic) bond motifs is 4. The van der Waals surface area contributed by atoms with Crippen LogP contribution in [0.25, 0.3) is 0 Å². The molecule has 6 atom stereocenters. The number of imide groups is 2. The van der Waals surface area contributed by atoms with Crippen molar-refractivity contribution in [1.82, 2.24) is 0 Å². The SMILES string of the molecule is COc1ccc(O)c([C@H]2C3=CC[C@@H]4C(=O)N(c5ccc(I)cc5)C(=O)[C@@H]4[C@@H]3C[C@H]3C(=O)N(c4cccc(Cl)c4)C(=O)[C@@]23c2ccccc2)c1. The van der Waals surface area contributed by atoms with E-state index in [1.54, 1.807) is 48.5 Å². The molecular weight excluding hydrogens is 755 g/mol. The number of aromatic hydroxyl groups is 1. The highest BCUT2D eigenvalue weighted by Crippen LogP contribution is 2.65. The van der Waals surface area contributed by atoms with Crippen LogP contribution in [0.15, 0.2) is 109 Å². The minimum absolute atomic E-state index is 0.0701. The number of allylic oxidation sites excluding steroid dienone is 2. The number of amides is 4. The van der Waals surface area contributed by atoms with E-state index >= 15 is 4.79 Å². The molecular formula is C39H30ClIN2O6. The van der Waals surface area contributed by atoms with E-state index in [4.69, 9.17) is 16.3 Å². The van der Waals surface area contributed by atoms with Crippen LogP contribution in [0, 0.1) is 27.2 Å². The van der Waals surface area contributed by atoms with Crippen molar-refractivity contribution in [1.29, 1.82) is 0 Å². The average molecular weight is 785 g/mol. The fourth-order valence-electron chi connectivity index (χ4n) is 8.82. The van der Waals surface area contributed by atoms with Crippen LogP contribution < -0.4 is 14.5 Å². The van der Waals surface area contributed by atoms with Crippen molar-refractivity contribution in [2.24, 2.45) is 23.7 Å². The molecule has 2 saturated heterocycles. The van der Waals surface area contributed by atoms with Gasteiger partial charge in [0.15, 0.2) is 0 Å². The summed E-state index contributed by atoms with van der Waals surface area (Å²) < 4.78 is 6.57. The Hall–Kier alpha value is -4.48. The van der Waals surface area contributed by atoms with E-state index in [2.05, 4.69) is 22.6 Å². The van der Waals surface area contributed by atoms with Gasteiger partial charge in [0.1, 0.15) is 11.5 Å². The van der Waals surface area contributed by atoms with Crippen LogP contribution in [0.2, 0.25) is 5.02 Å². The van der Waals surface area contributed by atoms with Crippen LogP contribution in [0.4, 0.5) is 11.4 Å². The van der Waals surface area contributed by atoms with Gasteiger partial charge >= 0.3 is 0 Å². The zero-order chi connectivity index (χ0) is 34.2. The lowest BCUT2D eigenvalue weighted by Gasteiger charge is -2.50. The molecule has 0 spiro atoms. The molecule has 0 aromatic heterocycles. The van der Waals surface area contributed by atoms with Gasteiger partial charge in [-0.25, -0.2) is 4.90 Å². The molecule has 4 aromatic rings. The lowest BCUT2D eigenvalue weighted by Crippen LogP contribution is -2.53. The number of benzene rings is 4. The summed E-state index contributed by atoms with van der Waals surface area (Å²) in [5.74, 6) is -4.81. The number of phenolic OH excluding ortho intramolecular Hbond substituents is 1. The van der Waals surface area contributed by atoms with E-state index in [-0.39, 0.29) is 30.4 Å². The fraction of sp³-hybridized carbons (Fsp3) is 0.231. The number of anilines is 2. The molecule has 4 aliphatic rings. The molecule has 4 aromatic carbocycles. The summed E-state index contributed by atoms with van der Waals surface area (Å²) in [7, 11) is 1.52. The lowest BCUT2D eigenvalue weighted by atomic mass is 9.49. The zero-order valence-corrected chi connectivity index (χ0v) is 29.2. The Morgan fingerprint density at radius 3 is 2.29 bits per heavy atom. The number of carbonyl (C=O) groups excluding carboxylic acids is 4. The molecule has 0 bridgehead atoms. The second-order valence-corrected chi connectivity index (χ2v) is 14.7. The third kappa shape index (κ3) is 4.61. The Morgan fingerprint density at radius 2 is 1.57 bits per heavy atom. The third-order valence-corrected chi connectivity index (χ3v) is 11.8. The number of phenols is 1. The summed E-state index contributed by atoms with van der Waals surface area (Å²) in [6.07, 6.45) is 2.40. The quantitative estimate of drug-likeness (QED) is 0.133. The predicted molar refractivity (Wildman–Crippen MR) is 192 cm³/mol. The van der Waals surface area contributed by atoms with Crippen molar-refractivity contribution >= 4 is 69.2 Å². The Morgan fingerprint density at radius 1 is 0.816 bits per heavy atom. The van der Waals surface area contributed by atoms with Crippen molar-refractivity contribution < 1.29 is 29.0 Å². The number of ether oxygens (including phenoxy) is 1. The molecule has 1 N–H and O–H groups in total. The Bertz CT molecular complexity index is 2080. The largest absolute Gasteiger partial charge is 0.508 e. The average Bonchev–Trinajstić information content (AvgIpc) is 3.50. The Kier molecular flexibility index (Phi) is 7.68. The van der Waals surface area contributed by atoms with Crippen LogP contribution in [-0.4, -0.2) is 35.8 Å². The zero-order valence-electron chi connectivity index (χ0n) is 26.3. The molecule has 49 heavy (non-hydrogen) atoms. The summed E-state index contributed by atoms with van der Waals surface area (Å²) in [4.78, 5) is 61.1. The van der Waals surface area contributed by atoms with Crippen molar-refractivity contribution in [3.8, 4) is 11.5 Å². The molecule has 2 aliphatic heterocycles. The van der Waals surface area contributed by atoms with Gasteiger partial charge in [0.05, 0.1) is 41.7 Å². The number of methoxy groups -OCH3 is 1. The fourth-order valence-corrected chi connectivity index (χ4v) is 9.37. The highest BCUT2D eigenvalue weighted by Gasteiger charge is 2.70. The Labute approximate surface area is 301 Å². The molecule has 4 amide bonds. The maximum absolute atomic E-state index is 15.3. The highest BCUT2D eigenvalue weighted by atomic mass is 127. The van der Waals surface area contributed by atoms with Gasteiger partial charge in [-0.2, -0.15) is 0 Å².